The van der Waals surface area contributed by atoms with E-state index in [9.17, 15) is 17.6 Å². The van der Waals surface area contributed by atoms with Crippen LogP contribution in [-0.4, -0.2) is 38.0 Å². The third-order valence-corrected chi connectivity index (χ3v) is 5.89. The maximum Gasteiger partial charge on any atom is 0.238 e. The molecule has 0 saturated carbocycles. The molecule has 7 heteroatoms. The van der Waals surface area contributed by atoms with Gasteiger partial charge in [0.1, 0.15) is 11.1 Å². The molecule has 0 radical (unpaired) electrons. The number of carbonyl (C=O) groups is 1. The molecule has 0 aromatic heterocycles. The highest BCUT2D eigenvalue weighted by Crippen LogP contribution is 2.16. The van der Waals surface area contributed by atoms with E-state index in [4.69, 9.17) is 4.74 Å². The van der Waals surface area contributed by atoms with Crippen LogP contribution in [0.4, 0.5) is 4.39 Å². The van der Waals surface area contributed by atoms with Crippen molar-refractivity contribution in [3.63, 3.8) is 0 Å². The zero-order valence-electron chi connectivity index (χ0n) is 12.4. The summed E-state index contributed by atoms with van der Waals surface area (Å²) in [5.74, 6) is -1.21. The quantitative estimate of drug-likeness (QED) is 0.857. The number of sulfone groups is 1. The summed E-state index contributed by atoms with van der Waals surface area (Å²) in [5, 5.41) is 1.29. The molecule has 1 heterocycles. The molecule has 22 heavy (non-hydrogen) atoms. The molecule has 1 aromatic rings. The molecule has 0 unspecified atom stereocenters. The Morgan fingerprint density at radius 3 is 2.82 bits per heavy atom. The Morgan fingerprint density at radius 1 is 1.45 bits per heavy atom. The van der Waals surface area contributed by atoms with Crippen LogP contribution < -0.4 is 5.32 Å². The van der Waals surface area contributed by atoms with E-state index in [-0.39, 0.29) is 18.4 Å². The van der Waals surface area contributed by atoms with Crippen molar-refractivity contribution in [3.8, 4) is 0 Å². The van der Waals surface area contributed by atoms with Gasteiger partial charge in [0, 0.05) is 18.7 Å². The van der Waals surface area contributed by atoms with Gasteiger partial charge in [-0.05, 0) is 25.8 Å². The van der Waals surface area contributed by atoms with Crippen molar-refractivity contribution in [1.82, 2.24) is 5.32 Å². The topological polar surface area (TPSA) is 72.5 Å². The average Bonchev–Trinajstić information content (AvgIpc) is 2.97. The molecule has 0 aliphatic carbocycles. The van der Waals surface area contributed by atoms with Gasteiger partial charge in [0.2, 0.25) is 5.91 Å². The molecule has 0 bridgehead atoms. The summed E-state index contributed by atoms with van der Waals surface area (Å²) in [6.45, 7) is 1.88. The van der Waals surface area contributed by atoms with Crippen molar-refractivity contribution in [2.45, 2.75) is 37.7 Å². The van der Waals surface area contributed by atoms with Crippen molar-refractivity contribution in [1.29, 1.82) is 0 Å². The van der Waals surface area contributed by atoms with Gasteiger partial charge < -0.3 is 10.1 Å². The lowest BCUT2D eigenvalue weighted by Crippen LogP contribution is -2.40. The number of hydrogen-bond acceptors (Lipinski definition) is 4. The van der Waals surface area contributed by atoms with Crippen molar-refractivity contribution < 1.29 is 22.3 Å². The first kappa shape index (κ1) is 16.9. The van der Waals surface area contributed by atoms with E-state index in [1.807, 2.05) is 0 Å². The van der Waals surface area contributed by atoms with Crippen LogP contribution in [0, 0.1) is 5.82 Å². The second-order valence-corrected chi connectivity index (χ2v) is 7.78. The number of benzene rings is 1. The molecule has 1 N–H and O–H groups in total. The fourth-order valence-electron chi connectivity index (χ4n) is 2.31. The second kappa shape index (κ2) is 7.19. The smallest absolute Gasteiger partial charge is 0.238 e. The van der Waals surface area contributed by atoms with Crippen molar-refractivity contribution in [2.75, 3.05) is 12.4 Å². The summed E-state index contributed by atoms with van der Waals surface area (Å²) in [7, 11) is -3.59. The molecule has 1 aromatic carbocycles. The van der Waals surface area contributed by atoms with Crippen molar-refractivity contribution in [3.05, 3.63) is 35.6 Å². The number of ether oxygens (including phenoxy) is 1. The maximum atomic E-state index is 13.5. The van der Waals surface area contributed by atoms with E-state index >= 15 is 0 Å². The first-order valence-corrected chi connectivity index (χ1v) is 8.96. The van der Waals surface area contributed by atoms with E-state index in [0.29, 0.717) is 18.6 Å². The van der Waals surface area contributed by atoms with Gasteiger partial charge in [-0.2, -0.15) is 0 Å². The van der Waals surface area contributed by atoms with Crippen LogP contribution in [-0.2, 0) is 25.9 Å². The molecule has 0 spiro atoms. The van der Waals surface area contributed by atoms with Crippen LogP contribution in [0.15, 0.2) is 24.3 Å². The molecule has 1 amide bonds. The normalized spacial score (nSPS) is 19.8. The molecule has 2 rings (SSSR count). The Balaban J connectivity index is 1.92. The number of hydrogen-bond donors (Lipinski definition) is 1. The van der Waals surface area contributed by atoms with E-state index in [1.165, 1.54) is 13.0 Å². The first-order chi connectivity index (χ1) is 10.4. The van der Waals surface area contributed by atoms with Gasteiger partial charge in [-0.25, -0.2) is 12.8 Å². The first-order valence-electron chi connectivity index (χ1n) is 7.24. The molecule has 1 aliphatic heterocycles. The minimum absolute atomic E-state index is 0.0364. The van der Waals surface area contributed by atoms with Crippen LogP contribution in [0.2, 0.25) is 0 Å². The summed E-state index contributed by atoms with van der Waals surface area (Å²) in [6.07, 6.45) is 1.21. The number of rotatable bonds is 6. The second-order valence-electron chi connectivity index (χ2n) is 5.42. The largest absolute Gasteiger partial charge is 0.377 e. The highest BCUT2D eigenvalue weighted by Gasteiger charge is 2.32. The SMILES string of the molecule is C[C@@H](C(=O)NCc1ccccc1F)S(=O)(=O)C[C@@H]1CCCO1. The number of halogens is 1. The Labute approximate surface area is 129 Å². The van der Waals surface area contributed by atoms with Crippen LogP contribution in [0.25, 0.3) is 0 Å². The Morgan fingerprint density at radius 2 is 2.18 bits per heavy atom. The molecular weight excluding hydrogens is 309 g/mol. The van der Waals surface area contributed by atoms with E-state index in [2.05, 4.69) is 5.32 Å². The summed E-state index contributed by atoms with van der Waals surface area (Å²) in [5.41, 5.74) is 0.319. The number of nitrogens with one attached hydrogen (secondary N) is 1. The Hall–Kier alpha value is -1.47. The Kier molecular flexibility index (Phi) is 5.52. The lowest BCUT2D eigenvalue weighted by atomic mass is 10.2. The zero-order chi connectivity index (χ0) is 16.2. The third-order valence-electron chi connectivity index (χ3n) is 3.76. The van der Waals surface area contributed by atoms with E-state index in [0.717, 1.165) is 6.42 Å². The van der Waals surface area contributed by atoms with Crippen LogP contribution >= 0.6 is 0 Å². The average molecular weight is 329 g/mol. The van der Waals surface area contributed by atoms with Gasteiger partial charge >= 0.3 is 0 Å². The van der Waals surface area contributed by atoms with Gasteiger partial charge in [0.25, 0.3) is 0 Å². The van der Waals surface area contributed by atoms with Crippen LogP contribution in [0.5, 0.6) is 0 Å². The monoisotopic (exact) mass is 329 g/mol. The summed E-state index contributed by atoms with van der Waals surface area (Å²) < 4.78 is 43.1. The zero-order valence-corrected chi connectivity index (χ0v) is 13.2. The van der Waals surface area contributed by atoms with Crippen LogP contribution in [0.1, 0.15) is 25.3 Å². The fraction of sp³-hybridized carbons (Fsp3) is 0.533. The molecule has 122 valence electrons. The van der Waals surface area contributed by atoms with Crippen LogP contribution in [0.3, 0.4) is 0 Å². The summed E-state index contributed by atoms with van der Waals surface area (Å²) >= 11 is 0. The van der Waals surface area contributed by atoms with Gasteiger partial charge in [-0.1, -0.05) is 18.2 Å². The van der Waals surface area contributed by atoms with Crippen molar-refractivity contribution >= 4 is 15.7 Å². The summed E-state index contributed by atoms with van der Waals surface area (Å²) in [4.78, 5) is 12.0. The summed E-state index contributed by atoms with van der Waals surface area (Å²) in [6, 6.07) is 6.04. The lowest BCUT2D eigenvalue weighted by molar-refractivity contribution is -0.120. The number of carbonyl (C=O) groups excluding carboxylic acids is 1. The van der Waals surface area contributed by atoms with E-state index in [1.54, 1.807) is 18.2 Å². The third kappa shape index (κ3) is 4.27. The predicted octanol–water partition coefficient (Wildman–Crippen LogP) is 1.42. The van der Waals surface area contributed by atoms with Gasteiger partial charge in [0.15, 0.2) is 9.84 Å². The predicted molar refractivity (Wildman–Crippen MR) is 80.5 cm³/mol. The molecule has 5 nitrogen and oxygen atoms in total. The van der Waals surface area contributed by atoms with Crippen molar-refractivity contribution in [2.24, 2.45) is 0 Å². The molecule has 1 fully saturated rings. The highest BCUT2D eigenvalue weighted by atomic mass is 32.2. The number of amides is 1. The van der Waals surface area contributed by atoms with E-state index < -0.39 is 26.8 Å². The molecule has 1 saturated heterocycles. The molecule has 1 aliphatic rings. The van der Waals surface area contributed by atoms with Gasteiger partial charge in [-0.3, -0.25) is 4.79 Å². The fourth-order valence-corrected chi connectivity index (χ4v) is 3.79. The Bertz CT molecular complexity index is 626. The molecule has 2 atom stereocenters. The van der Waals surface area contributed by atoms with Gasteiger partial charge in [-0.15, -0.1) is 0 Å². The minimum Gasteiger partial charge on any atom is -0.377 e. The van der Waals surface area contributed by atoms with Gasteiger partial charge in [0.05, 0.1) is 11.9 Å². The standard InChI is InChI=1S/C15H20FNO4S/c1-11(22(19,20)10-13-6-4-8-21-13)15(18)17-9-12-5-2-3-7-14(12)16/h2-3,5,7,11,13H,4,6,8-10H2,1H3,(H,17,18)/t11-,13-/m0/s1. The molecular formula is C15H20FNO4S. The lowest BCUT2D eigenvalue weighted by Gasteiger charge is -2.16. The maximum absolute atomic E-state index is 13.5. The highest BCUT2D eigenvalue weighted by molar-refractivity contribution is 7.92. The minimum atomic E-state index is -3.59.